The highest BCUT2D eigenvalue weighted by molar-refractivity contribution is 9.10. The molecule has 1 unspecified atom stereocenters. The summed E-state index contributed by atoms with van der Waals surface area (Å²) in [6.45, 7) is 0.860. The van der Waals surface area contributed by atoms with E-state index in [0.717, 1.165) is 22.0 Å². The summed E-state index contributed by atoms with van der Waals surface area (Å²) in [7, 11) is 0. The van der Waals surface area contributed by atoms with E-state index < -0.39 is 0 Å². The molecule has 0 N–H and O–H groups in total. The molecule has 1 atom stereocenters. The van der Waals surface area contributed by atoms with Gasteiger partial charge in [0.1, 0.15) is 6.23 Å². The molecule has 0 saturated carbocycles. The molecule has 1 aliphatic rings. The van der Waals surface area contributed by atoms with Crippen LogP contribution in [0.4, 0.5) is 0 Å². The van der Waals surface area contributed by atoms with Crippen LogP contribution < -0.4 is 0 Å². The van der Waals surface area contributed by atoms with Crippen molar-refractivity contribution in [1.82, 2.24) is 4.57 Å². The van der Waals surface area contributed by atoms with Crippen molar-refractivity contribution in [2.24, 2.45) is 0 Å². The molecule has 0 bridgehead atoms. The van der Waals surface area contributed by atoms with Crippen molar-refractivity contribution in [2.45, 2.75) is 25.5 Å². The molecule has 2 aromatic carbocycles. The lowest BCUT2D eigenvalue weighted by Crippen LogP contribution is -2.17. The molecule has 1 aromatic heterocycles. The van der Waals surface area contributed by atoms with E-state index in [2.05, 4.69) is 72.8 Å². The van der Waals surface area contributed by atoms with Gasteiger partial charge in [-0.05, 0) is 55.7 Å². The molecule has 1 aliphatic heterocycles. The zero-order chi connectivity index (χ0) is 14.4. The lowest BCUT2D eigenvalue weighted by Gasteiger charge is -2.25. The molecule has 0 spiro atoms. The number of benzene rings is 2. The SMILES string of the molecule is Brc1ccc2c(c1)c1cc(Br)ccc1n2C1CCCCO1. The summed E-state index contributed by atoms with van der Waals surface area (Å²) in [4.78, 5) is 0. The summed E-state index contributed by atoms with van der Waals surface area (Å²) in [6, 6.07) is 13.0. The Labute approximate surface area is 140 Å². The van der Waals surface area contributed by atoms with Crippen molar-refractivity contribution in [3.05, 3.63) is 45.3 Å². The van der Waals surface area contributed by atoms with Crippen LogP contribution in [0.15, 0.2) is 45.3 Å². The largest absolute Gasteiger partial charge is 0.358 e. The van der Waals surface area contributed by atoms with Gasteiger partial charge in [0.2, 0.25) is 0 Å². The number of aromatic nitrogens is 1. The van der Waals surface area contributed by atoms with Gasteiger partial charge in [0.05, 0.1) is 11.0 Å². The number of fused-ring (bicyclic) bond motifs is 3. The van der Waals surface area contributed by atoms with E-state index in [4.69, 9.17) is 4.74 Å². The standard InChI is InChI=1S/C17H15Br2NO/c18-11-4-6-15-13(9-11)14-10-12(19)5-7-16(14)20(15)17-3-1-2-8-21-17/h4-7,9-10,17H,1-3,8H2. The van der Waals surface area contributed by atoms with E-state index in [-0.39, 0.29) is 6.23 Å². The maximum atomic E-state index is 6.04. The second kappa shape index (κ2) is 5.41. The number of ether oxygens (including phenoxy) is 1. The first kappa shape index (κ1) is 13.8. The van der Waals surface area contributed by atoms with E-state index >= 15 is 0 Å². The molecule has 1 fully saturated rings. The summed E-state index contributed by atoms with van der Waals surface area (Å²) in [6.07, 6.45) is 3.65. The molecule has 0 amide bonds. The van der Waals surface area contributed by atoms with Gasteiger partial charge in [-0.15, -0.1) is 0 Å². The molecule has 0 aliphatic carbocycles. The van der Waals surface area contributed by atoms with Crippen LogP contribution in [0.3, 0.4) is 0 Å². The van der Waals surface area contributed by atoms with Crippen molar-refractivity contribution in [3.63, 3.8) is 0 Å². The van der Waals surface area contributed by atoms with Gasteiger partial charge < -0.3 is 9.30 Å². The molecule has 21 heavy (non-hydrogen) atoms. The molecule has 0 radical (unpaired) electrons. The Kier molecular flexibility index (Phi) is 3.56. The van der Waals surface area contributed by atoms with Gasteiger partial charge in [-0.1, -0.05) is 31.9 Å². The summed E-state index contributed by atoms with van der Waals surface area (Å²) >= 11 is 7.18. The molecule has 1 saturated heterocycles. The lowest BCUT2D eigenvalue weighted by atomic mass is 10.2. The van der Waals surface area contributed by atoms with Crippen LogP contribution in [0, 0.1) is 0 Å². The first-order chi connectivity index (χ1) is 10.2. The third-order valence-corrected chi connectivity index (χ3v) is 5.16. The topological polar surface area (TPSA) is 14.2 Å². The van der Waals surface area contributed by atoms with Crippen molar-refractivity contribution in [3.8, 4) is 0 Å². The molecular formula is C17H15Br2NO. The second-order valence-corrected chi connectivity index (χ2v) is 7.35. The molecule has 108 valence electrons. The fourth-order valence-corrected chi connectivity index (χ4v) is 3.96. The number of hydrogen-bond donors (Lipinski definition) is 0. The monoisotopic (exact) mass is 407 g/mol. The first-order valence-corrected chi connectivity index (χ1v) is 8.83. The van der Waals surface area contributed by atoms with Crippen molar-refractivity contribution in [2.75, 3.05) is 6.61 Å². The average molecular weight is 409 g/mol. The number of rotatable bonds is 1. The van der Waals surface area contributed by atoms with Crippen LogP contribution in [0.2, 0.25) is 0 Å². The highest BCUT2D eigenvalue weighted by Crippen LogP contribution is 2.37. The number of hydrogen-bond acceptors (Lipinski definition) is 1. The van der Waals surface area contributed by atoms with Crippen LogP contribution in [-0.2, 0) is 4.74 Å². The Morgan fingerprint density at radius 3 is 2.05 bits per heavy atom. The summed E-state index contributed by atoms with van der Waals surface area (Å²) in [5.74, 6) is 0. The van der Waals surface area contributed by atoms with Crippen molar-refractivity contribution >= 4 is 53.7 Å². The molecule has 4 rings (SSSR count). The van der Waals surface area contributed by atoms with Crippen molar-refractivity contribution in [1.29, 1.82) is 0 Å². The van der Waals surface area contributed by atoms with Gasteiger partial charge in [0.15, 0.2) is 0 Å². The minimum absolute atomic E-state index is 0.154. The Balaban J connectivity index is 2.06. The van der Waals surface area contributed by atoms with Crippen LogP contribution in [0.1, 0.15) is 25.5 Å². The van der Waals surface area contributed by atoms with Crippen LogP contribution in [0.5, 0.6) is 0 Å². The smallest absolute Gasteiger partial charge is 0.134 e. The minimum Gasteiger partial charge on any atom is -0.358 e. The van der Waals surface area contributed by atoms with E-state index in [1.165, 1.54) is 34.6 Å². The van der Waals surface area contributed by atoms with Crippen molar-refractivity contribution < 1.29 is 4.74 Å². The van der Waals surface area contributed by atoms with Gasteiger partial charge in [0, 0.05) is 26.3 Å². The zero-order valence-electron chi connectivity index (χ0n) is 11.5. The maximum Gasteiger partial charge on any atom is 0.134 e. The molecule has 2 nitrogen and oxygen atoms in total. The van der Waals surface area contributed by atoms with E-state index in [9.17, 15) is 0 Å². The third kappa shape index (κ3) is 2.33. The molecular weight excluding hydrogens is 394 g/mol. The number of nitrogens with zero attached hydrogens (tertiary/aromatic N) is 1. The van der Waals surface area contributed by atoms with E-state index in [1.54, 1.807) is 0 Å². The summed E-state index contributed by atoms with van der Waals surface area (Å²) < 4.78 is 10.6. The summed E-state index contributed by atoms with van der Waals surface area (Å²) in [5, 5.41) is 2.55. The Bertz CT molecular complexity index is 759. The fourth-order valence-electron chi connectivity index (χ4n) is 3.24. The van der Waals surface area contributed by atoms with Gasteiger partial charge in [0.25, 0.3) is 0 Å². The van der Waals surface area contributed by atoms with Gasteiger partial charge >= 0.3 is 0 Å². The molecule has 2 heterocycles. The summed E-state index contributed by atoms with van der Waals surface area (Å²) in [5.41, 5.74) is 2.50. The van der Waals surface area contributed by atoms with Gasteiger partial charge in [-0.2, -0.15) is 0 Å². The average Bonchev–Trinajstić information content (AvgIpc) is 2.81. The normalized spacial score (nSPS) is 19.4. The third-order valence-electron chi connectivity index (χ3n) is 4.17. The lowest BCUT2D eigenvalue weighted by molar-refractivity contribution is -0.0267. The van der Waals surface area contributed by atoms with Crippen LogP contribution >= 0.6 is 31.9 Å². The Morgan fingerprint density at radius 2 is 1.52 bits per heavy atom. The predicted octanol–water partition coefficient (Wildman–Crippen LogP) is 6.02. The van der Waals surface area contributed by atoms with Gasteiger partial charge in [-0.3, -0.25) is 0 Å². The van der Waals surface area contributed by atoms with E-state index in [1.807, 2.05) is 0 Å². The highest BCUT2D eigenvalue weighted by Gasteiger charge is 2.21. The first-order valence-electron chi connectivity index (χ1n) is 7.24. The minimum atomic E-state index is 0.154. The zero-order valence-corrected chi connectivity index (χ0v) is 14.7. The van der Waals surface area contributed by atoms with Crippen LogP contribution in [-0.4, -0.2) is 11.2 Å². The van der Waals surface area contributed by atoms with Gasteiger partial charge in [-0.25, -0.2) is 0 Å². The molecule has 4 heteroatoms. The Hall–Kier alpha value is -0.840. The quantitative estimate of drug-likeness (QED) is 0.480. The van der Waals surface area contributed by atoms with E-state index in [0.29, 0.717) is 0 Å². The Morgan fingerprint density at radius 1 is 0.905 bits per heavy atom. The highest BCUT2D eigenvalue weighted by atomic mass is 79.9. The predicted molar refractivity (Wildman–Crippen MR) is 93.7 cm³/mol. The molecule has 3 aromatic rings. The fraction of sp³-hybridized carbons (Fsp3) is 0.294. The van der Waals surface area contributed by atoms with Crippen LogP contribution in [0.25, 0.3) is 21.8 Å². The maximum absolute atomic E-state index is 6.04. The number of halogens is 2. The second-order valence-electron chi connectivity index (χ2n) is 5.51.